The second-order valence-electron chi connectivity index (χ2n) is 7.82. The number of hydrogen-bond acceptors (Lipinski definition) is 5. The van der Waals surface area contributed by atoms with Crippen LogP contribution in [0, 0.1) is 5.82 Å². The summed E-state index contributed by atoms with van der Waals surface area (Å²) >= 11 is 12.0. The van der Waals surface area contributed by atoms with Crippen LogP contribution in [0.1, 0.15) is 37.9 Å². The molecule has 2 saturated heterocycles. The molecule has 0 N–H and O–H groups in total. The highest BCUT2D eigenvalue weighted by Crippen LogP contribution is 2.51. The first kappa shape index (κ1) is 17.9. The summed E-state index contributed by atoms with van der Waals surface area (Å²) in [6.07, 6.45) is 4.49. The monoisotopic (exact) mass is 414 g/mol. The van der Waals surface area contributed by atoms with Gasteiger partial charge in [0.05, 0.1) is 12.0 Å². The maximum Gasteiger partial charge on any atom is 0.186 e. The molecule has 9 heteroatoms. The second kappa shape index (κ2) is 6.17. The summed E-state index contributed by atoms with van der Waals surface area (Å²) < 4.78 is 34.6. The van der Waals surface area contributed by atoms with Crippen LogP contribution >= 0.6 is 23.2 Å². The molecule has 0 unspecified atom stereocenters. The molecule has 4 heterocycles. The SMILES string of the molecule is Fc1c(Cl)ncc2c(Cl)nc(C3(OC[C@@]45CCCN4C[C@H](F)C5)CC3)nc12. The highest BCUT2D eigenvalue weighted by molar-refractivity contribution is 6.34. The van der Waals surface area contributed by atoms with Gasteiger partial charge in [0.1, 0.15) is 22.4 Å². The topological polar surface area (TPSA) is 51.1 Å². The molecule has 0 amide bonds. The van der Waals surface area contributed by atoms with Crippen molar-refractivity contribution < 1.29 is 13.5 Å². The molecular weight excluding hydrogens is 397 g/mol. The van der Waals surface area contributed by atoms with E-state index in [4.69, 9.17) is 27.9 Å². The lowest BCUT2D eigenvalue weighted by atomic mass is 9.94. The summed E-state index contributed by atoms with van der Waals surface area (Å²) in [5.74, 6) is -0.357. The zero-order valence-electron chi connectivity index (χ0n) is 14.5. The molecule has 0 radical (unpaired) electrons. The number of halogens is 4. The highest BCUT2D eigenvalue weighted by atomic mass is 35.5. The van der Waals surface area contributed by atoms with Crippen LogP contribution < -0.4 is 0 Å². The second-order valence-corrected chi connectivity index (χ2v) is 8.54. The zero-order chi connectivity index (χ0) is 18.8. The fourth-order valence-electron chi connectivity index (χ4n) is 4.47. The summed E-state index contributed by atoms with van der Waals surface area (Å²) in [5, 5.41) is 0.183. The lowest BCUT2D eigenvalue weighted by Gasteiger charge is -2.33. The lowest BCUT2D eigenvalue weighted by molar-refractivity contribution is -0.0341. The minimum absolute atomic E-state index is 0.0465. The van der Waals surface area contributed by atoms with Gasteiger partial charge in [0.15, 0.2) is 16.8 Å². The largest absolute Gasteiger partial charge is 0.365 e. The number of ether oxygens (including phenoxy) is 1. The maximum absolute atomic E-state index is 14.4. The molecule has 1 aliphatic carbocycles. The van der Waals surface area contributed by atoms with Crippen LogP contribution in [0.3, 0.4) is 0 Å². The van der Waals surface area contributed by atoms with Crippen molar-refractivity contribution in [2.45, 2.75) is 49.4 Å². The van der Waals surface area contributed by atoms with Crippen LogP contribution in [0.15, 0.2) is 6.20 Å². The van der Waals surface area contributed by atoms with Gasteiger partial charge in [-0.25, -0.2) is 23.7 Å². The molecule has 1 saturated carbocycles. The Labute approximate surface area is 165 Å². The highest BCUT2D eigenvalue weighted by Gasteiger charge is 2.54. The number of alkyl halides is 1. The number of rotatable bonds is 4. The fraction of sp³-hybridized carbons (Fsp3) is 0.611. The zero-order valence-corrected chi connectivity index (χ0v) is 16.0. The minimum Gasteiger partial charge on any atom is -0.365 e. The summed E-state index contributed by atoms with van der Waals surface area (Å²) in [6.45, 7) is 1.81. The first-order valence-corrected chi connectivity index (χ1v) is 9.89. The number of hydrogen-bond donors (Lipinski definition) is 0. The normalized spacial score (nSPS) is 29.4. The smallest absolute Gasteiger partial charge is 0.186 e. The number of fused-ring (bicyclic) bond motifs is 2. The molecule has 2 aromatic rings. The average Bonchev–Trinajstić information content (AvgIpc) is 3.24. The van der Waals surface area contributed by atoms with Crippen molar-refractivity contribution in [3.8, 4) is 0 Å². The molecule has 2 aromatic heterocycles. The van der Waals surface area contributed by atoms with Crippen LogP contribution in [0.5, 0.6) is 0 Å². The maximum atomic E-state index is 14.4. The summed E-state index contributed by atoms with van der Waals surface area (Å²) in [4.78, 5) is 14.7. The summed E-state index contributed by atoms with van der Waals surface area (Å²) in [5.41, 5.74) is -0.879. The number of pyridine rings is 1. The Balaban J connectivity index is 1.45. The van der Waals surface area contributed by atoms with E-state index >= 15 is 0 Å². The predicted octanol–water partition coefficient (Wildman–Crippen LogP) is 4.05. The van der Waals surface area contributed by atoms with Gasteiger partial charge in [-0.1, -0.05) is 23.2 Å². The molecular formula is C18H18Cl2F2N4O. The van der Waals surface area contributed by atoms with E-state index in [-0.39, 0.29) is 21.4 Å². The van der Waals surface area contributed by atoms with Gasteiger partial charge in [0.2, 0.25) is 0 Å². The van der Waals surface area contributed by atoms with Gasteiger partial charge in [-0.05, 0) is 32.2 Å². The van der Waals surface area contributed by atoms with Crippen molar-refractivity contribution in [1.82, 2.24) is 19.9 Å². The standard InChI is InChI=1S/C18H18Cl2F2N4O/c19-14-11-7-23-15(20)12(22)13(11)24-16(25-14)18(3-4-18)27-9-17-2-1-5-26(17)8-10(21)6-17/h7,10H,1-6,8-9H2/t10-,17+/m1/s1. The molecule has 5 nitrogen and oxygen atoms in total. The Hall–Kier alpha value is -1.15. The van der Waals surface area contributed by atoms with Crippen LogP contribution in [-0.2, 0) is 10.3 Å². The van der Waals surface area contributed by atoms with E-state index in [1.165, 1.54) is 6.20 Å². The van der Waals surface area contributed by atoms with Crippen molar-refractivity contribution in [3.63, 3.8) is 0 Å². The predicted molar refractivity (Wildman–Crippen MR) is 97.2 cm³/mol. The Kier molecular flexibility index (Phi) is 4.10. The van der Waals surface area contributed by atoms with Gasteiger partial charge < -0.3 is 4.74 Å². The first-order chi connectivity index (χ1) is 12.9. The molecule has 27 heavy (non-hydrogen) atoms. The van der Waals surface area contributed by atoms with Crippen molar-refractivity contribution in [3.05, 3.63) is 28.1 Å². The Morgan fingerprint density at radius 3 is 2.81 bits per heavy atom. The third-order valence-corrected chi connectivity index (χ3v) is 6.64. The van der Waals surface area contributed by atoms with Gasteiger partial charge in [-0.15, -0.1) is 0 Å². The Morgan fingerprint density at radius 2 is 2.04 bits per heavy atom. The van der Waals surface area contributed by atoms with Gasteiger partial charge in [0.25, 0.3) is 0 Å². The van der Waals surface area contributed by atoms with E-state index in [2.05, 4.69) is 19.9 Å². The van der Waals surface area contributed by atoms with Crippen molar-refractivity contribution in [2.75, 3.05) is 19.7 Å². The Morgan fingerprint density at radius 1 is 1.22 bits per heavy atom. The van der Waals surface area contributed by atoms with Crippen LogP contribution in [0.25, 0.3) is 10.9 Å². The Bertz CT molecular complexity index is 926. The number of nitrogens with zero attached hydrogens (tertiary/aromatic N) is 4. The van der Waals surface area contributed by atoms with Gasteiger partial charge >= 0.3 is 0 Å². The van der Waals surface area contributed by atoms with E-state index in [0.29, 0.717) is 30.8 Å². The van der Waals surface area contributed by atoms with Crippen LogP contribution in [0.2, 0.25) is 10.3 Å². The molecule has 2 aliphatic heterocycles. The summed E-state index contributed by atoms with van der Waals surface area (Å²) in [7, 11) is 0. The minimum atomic E-state index is -0.806. The molecule has 5 rings (SSSR count). The average molecular weight is 415 g/mol. The van der Waals surface area contributed by atoms with E-state index in [1.54, 1.807) is 0 Å². The van der Waals surface area contributed by atoms with Crippen molar-refractivity contribution in [2.24, 2.45) is 0 Å². The molecule has 2 atom stereocenters. The van der Waals surface area contributed by atoms with E-state index in [0.717, 1.165) is 32.2 Å². The van der Waals surface area contributed by atoms with E-state index in [9.17, 15) is 8.78 Å². The van der Waals surface area contributed by atoms with Crippen molar-refractivity contribution in [1.29, 1.82) is 0 Å². The summed E-state index contributed by atoms with van der Waals surface area (Å²) in [6, 6.07) is 0. The third-order valence-electron chi connectivity index (χ3n) is 6.08. The third kappa shape index (κ3) is 2.82. The van der Waals surface area contributed by atoms with Gasteiger partial charge in [-0.2, -0.15) is 0 Å². The molecule has 0 spiro atoms. The molecule has 0 aromatic carbocycles. The lowest BCUT2D eigenvalue weighted by Crippen LogP contribution is -2.43. The fourth-order valence-corrected chi connectivity index (χ4v) is 4.83. The molecule has 3 fully saturated rings. The number of aromatic nitrogens is 3. The van der Waals surface area contributed by atoms with Crippen LogP contribution in [-0.4, -0.2) is 51.3 Å². The molecule has 144 valence electrons. The quantitative estimate of drug-likeness (QED) is 0.557. The van der Waals surface area contributed by atoms with Crippen molar-refractivity contribution >= 4 is 34.1 Å². The van der Waals surface area contributed by atoms with Crippen LogP contribution in [0.4, 0.5) is 8.78 Å². The van der Waals surface area contributed by atoms with Gasteiger partial charge in [-0.3, -0.25) is 4.90 Å². The van der Waals surface area contributed by atoms with E-state index in [1.807, 2.05) is 0 Å². The van der Waals surface area contributed by atoms with E-state index < -0.39 is 17.6 Å². The molecule has 0 bridgehead atoms. The first-order valence-electron chi connectivity index (χ1n) is 9.13. The van der Waals surface area contributed by atoms with Gasteiger partial charge in [0, 0.05) is 24.7 Å². The molecule has 3 aliphatic rings.